The third-order valence-electron chi connectivity index (χ3n) is 3.07. The Morgan fingerprint density at radius 2 is 1.95 bits per heavy atom. The Kier molecular flexibility index (Phi) is 5.75. The van der Waals surface area contributed by atoms with Crippen molar-refractivity contribution in [2.45, 2.75) is 12.5 Å². The van der Waals surface area contributed by atoms with E-state index >= 15 is 0 Å². The molecule has 0 aliphatic carbocycles. The smallest absolute Gasteiger partial charge is 0.319 e. The number of hydrogen-bond donors (Lipinski definition) is 3. The molecule has 0 aromatic heterocycles. The minimum atomic E-state index is -0.659. The van der Waals surface area contributed by atoms with Crippen molar-refractivity contribution in [3.05, 3.63) is 64.9 Å². The van der Waals surface area contributed by atoms with E-state index in [9.17, 15) is 14.3 Å². The summed E-state index contributed by atoms with van der Waals surface area (Å²) in [6.45, 7) is 0.261. The van der Waals surface area contributed by atoms with Gasteiger partial charge < -0.3 is 15.7 Å². The SMILES string of the molecule is O=C(NCCC(O)c1ccccc1)Nc1ccc(Cl)cc1F. The number of rotatable bonds is 5. The molecule has 2 rings (SSSR count). The zero-order valence-electron chi connectivity index (χ0n) is 11.7. The maximum atomic E-state index is 13.5. The van der Waals surface area contributed by atoms with Crippen LogP contribution < -0.4 is 10.6 Å². The Labute approximate surface area is 132 Å². The Balaban J connectivity index is 1.78. The lowest BCUT2D eigenvalue weighted by Crippen LogP contribution is -2.30. The van der Waals surface area contributed by atoms with Gasteiger partial charge in [-0.25, -0.2) is 9.18 Å². The van der Waals surface area contributed by atoms with E-state index in [4.69, 9.17) is 11.6 Å². The summed E-state index contributed by atoms with van der Waals surface area (Å²) >= 11 is 5.63. The Morgan fingerprint density at radius 3 is 2.64 bits per heavy atom. The third-order valence-corrected chi connectivity index (χ3v) is 3.30. The Morgan fingerprint density at radius 1 is 1.23 bits per heavy atom. The molecule has 3 N–H and O–H groups in total. The first-order valence-electron chi connectivity index (χ1n) is 6.79. The van der Waals surface area contributed by atoms with Crippen molar-refractivity contribution in [1.82, 2.24) is 5.32 Å². The number of hydrogen-bond acceptors (Lipinski definition) is 2. The second kappa shape index (κ2) is 7.77. The van der Waals surface area contributed by atoms with Crippen LogP contribution in [0.15, 0.2) is 48.5 Å². The molecule has 22 heavy (non-hydrogen) atoms. The van der Waals surface area contributed by atoms with Gasteiger partial charge in [-0.05, 0) is 30.2 Å². The van der Waals surface area contributed by atoms with Crippen LogP contribution in [0.1, 0.15) is 18.1 Å². The van der Waals surface area contributed by atoms with E-state index in [0.717, 1.165) is 11.6 Å². The van der Waals surface area contributed by atoms with Gasteiger partial charge in [0.05, 0.1) is 11.8 Å². The van der Waals surface area contributed by atoms with E-state index in [-0.39, 0.29) is 17.3 Å². The first-order valence-corrected chi connectivity index (χ1v) is 7.17. The van der Waals surface area contributed by atoms with Gasteiger partial charge in [-0.3, -0.25) is 0 Å². The van der Waals surface area contributed by atoms with E-state index < -0.39 is 18.0 Å². The number of carbonyl (C=O) groups is 1. The van der Waals surface area contributed by atoms with Crippen LogP contribution in [0.25, 0.3) is 0 Å². The molecule has 116 valence electrons. The van der Waals surface area contributed by atoms with Crippen LogP contribution in [-0.2, 0) is 0 Å². The average molecular weight is 323 g/mol. The lowest BCUT2D eigenvalue weighted by atomic mass is 10.1. The summed E-state index contributed by atoms with van der Waals surface area (Å²) in [5.41, 5.74) is 0.832. The summed E-state index contributed by atoms with van der Waals surface area (Å²) in [5, 5.41) is 15.2. The zero-order chi connectivity index (χ0) is 15.9. The van der Waals surface area contributed by atoms with Gasteiger partial charge in [0.15, 0.2) is 0 Å². The summed E-state index contributed by atoms with van der Waals surface area (Å²) in [6, 6.07) is 12.6. The first kappa shape index (κ1) is 16.3. The van der Waals surface area contributed by atoms with Crippen molar-refractivity contribution in [3.8, 4) is 0 Å². The van der Waals surface area contributed by atoms with Crippen LogP contribution in [0.3, 0.4) is 0 Å². The second-order valence-electron chi connectivity index (χ2n) is 4.72. The predicted octanol–water partition coefficient (Wildman–Crippen LogP) is 3.72. The topological polar surface area (TPSA) is 61.4 Å². The highest BCUT2D eigenvalue weighted by molar-refractivity contribution is 6.30. The molecule has 0 aliphatic heterocycles. The lowest BCUT2D eigenvalue weighted by molar-refractivity contribution is 0.167. The van der Waals surface area contributed by atoms with Crippen LogP contribution in [0.4, 0.5) is 14.9 Å². The van der Waals surface area contributed by atoms with Gasteiger partial charge in [0, 0.05) is 11.6 Å². The summed E-state index contributed by atoms with van der Waals surface area (Å²) in [4.78, 5) is 11.7. The van der Waals surface area contributed by atoms with Gasteiger partial charge >= 0.3 is 6.03 Å². The molecule has 1 unspecified atom stereocenters. The number of aliphatic hydroxyl groups is 1. The molecular formula is C16H16ClFN2O2. The normalized spacial score (nSPS) is 11.8. The molecule has 6 heteroatoms. The number of aliphatic hydroxyl groups excluding tert-OH is 1. The molecule has 2 aromatic rings. The Hall–Kier alpha value is -2.11. The van der Waals surface area contributed by atoms with Crippen molar-refractivity contribution in [3.63, 3.8) is 0 Å². The molecule has 1 atom stereocenters. The molecule has 2 aromatic carbocycles. The number of halogens is 2. The molecule has 0 spiro atoms. The molecule has 2 amide bonds. The summed E-state index contributed by atoms with van der Waals surface area (Å²) < 4.78 is 13.5. The standard InChI is InChI=1S/C16H16ClFN2O2/c17-12-6-7-14(13(18)10-12)20-16(22)19-9-8-15(21)11-4-2-1-3-5-11/h1-7,10,15,21H,8-9H2,(H2,19,20,22). The molecular weight excluding hydrogens is 307 g/mol. The number of anilines is 1. The van der Waals surface area contributed by atoms with Gasteiger partial charge in [-0.1, -0.05) is 41.9 Å². The van der Waals surface area contributed by atoms with Crippen molar-refractivity contribution >= 4 is 23.3 Å². The molecule has 0 radical (unpaired) electrons. The quantitative estimate of drug-likeness (QED) is 0.785. The lowest BCUT2D eigenvalue weighted by Gasteiger charge is -2.12. The van der Waals surface area contributed by atoms with Crippen molar-refractivity contribution in [2.75, 3.05) is 11.9 Å². The second-order valence-corrected chi connectivity index (χ2v) is 5.16. The first-order chi connectivity index (χ1) is 10.6. The molecule has 0 heterocycles. The highest BCUT2D eigenvalue weighted by Crippen LogP contribution is 2.19. The number of nitrogens with one attached hydrogen (secondary N) is 2. The van der Waals surface area contributed by atoms with E-state index in [1.165, 1.54) is 12.1 Å². The van der Waals surface area contributed by atoms with E-state index in [0.29, 0.717) is 6.42 Å². The van der Waals surface area contributed by atoms with E-state index in [1.807, 2.05) is 30.3 Å². The minimum Gasteiger partial charge on any atom is -0.388 e. The number of carbonyl (C=O) groups excluding carboxylic acids is 1. The van der Waals surface area contributed by atoms with E-state index in [1.54, 1.807) is 0 Å². The summed E-state index contributed by atoms with van der Waals surface area (Å²) in [7, 11) is 0. The largest absolute Gasteiger partial charge is 0.388 e. The highest BCUT2D eigenvalue weighted by atomic mass is 35.5. The number of amides is 2. The Bertz CT molecular complexity index is 637. The van der Waals surface area contributed by atoms with Crippen molar-refractivity contribution < 1.29 is 14.3 Å². The average Bonchev–Trinajstić information content (AvgIpc) is 2.51. The maximum Gasteiger partial charge on any atom is 0.319 e. The fraction of sp³-hybridized carbons (Fsp3) is 0.188. The predicted molar refractivity (Wildman–Crippen MR) is 84.5 cm³/mol. The van der Waals surface area contributed by atoms with Gasteiger partial charge in [-0.15, -0.1) is 0 Å². The van der Waals surface area contributed by atoms with Crippen LogP contribution in [-0.4, -0.2) is 17.7 Å². The zero-order valence-corrected chi connectivity index (χ0v) is 12.5. The molecule has 0 aliphatic rings. The maximum absolute atomic E-state index is 13.5. The third kappa shape index (κ3) is 4.72. The van der Waals surface area contributed by atoms with E-state index in [2.05, 4.69) is 10.6 Å². The van der Waals surface area contributed by atoms with Gasteiger partial charge in [0.2, 0.25) is 0 Å². The van der Waals surface area contributed by atoms with Crippen LogP contribution in [0, 0.1) is 5.82 Å². The molecule has 0 fully saturated rings. The van der Waals surface area contributed by atoms with Gasteiger partial charge in [0.25, 0.3) is 0 Å². The molecule has 0 saturated carbocycles. The summed E-state index contributed by atoms with van der Waals surface area (Å²) in [6.07, 6.45) is -0.297. The van der Waals surface area contributed by atoms with Crippen molar-refractivity contribution in [2.24, 2.45) is 0 Å². The molecule has 0 saturated heterocycles. The van der Waals surface area contributed by atoms with Crippen LogP contribution in [0.5, 0.6) is 0 Å². The van der Waals surface area contributed by atoms with Crippen LogP contribution in [0.2, 0.25) is 5.02 Å². The molecule has 4 nitrogen and oxygen atoms in total. The van der Waals surface area contributed by atoms with Gasteiger partial charge in [0.1, 0.15) is 5.82 Å². The molecule has 0 bridgehead atoms. The van der Waals surface area contributed by atoms with Gasteiger partial charge in [-0.2, -0.15) is 0 Å². The fourth-order valence-corrected chi connectivity index (χ4v) is 2.08. The number of urea groups is 1. The monoisotopic (exact) mass is 322 g/mol. The van der Waals surface area contributed by atoms with Crippen LogP contribution >= 0.6 is 11.6 Å². The minimum absolute atomic E-state index is 0.0468. The van der Waals surface area contributed by atoms with Crippen molar-refractivity contribution in [1.29, 1.82) is 0 Å². The number of benzene rings is 2. The summed E-state index contributed by atoms with van der Waals surface area (Å²) in [5.74, 6) is -0.605. The fourth-order valence-electron chi connectivity index (χ4n) is 1.92. The highest BCUT2D eigenvalue weighted by Gasteiger charge is 2.09.